The van der Waals surface area contributed by atoms with E-state index in [9.17, 15) is 5.11 Å². The minimum absolute atomic E-state index is 0.0826. The van der Waals surface area contributed by atoms with E-state index in [1.54, 1.807) is 6.92 Å². The topological polar surface area (TPSA) is 32.3 Å². The number of rotatable bonds is 1. The molecule has 9 heavy (non-hydrogen) atoms. The second kappa shape index (κ2) is 2.45. The van der Waals surface area contributed by atoms with Gasteiger partial charge in [-0.25, -0.2) is 0 Å². The summed E-state index contributed by atoms with van der Waals surface area (Å²) in [5, 5.41) is 11.3. The lowest BCUT2D eigenvalue weighted by Gasteiger charge is -2.22. The highest BCUT2D eigenvalue weighted by Gasteiger charge is 2.31. The lowest BCUT2D eigenvalue weighted by atomic mass is 10.1. The number of aliphatic hydroxyl groups is 1. The van der Waals surface area contributed by atoms with Crippen molar-refractivity contribution in [3.05, 3.63) is 0 Å². The van der Waals surface area contributed by atoms with E-state index in [0.717, 1.165) is 19.4 Å². The van der Waals surface area contributed by atoms with Crippen molar-refractivity contribution in [2.75, 3.05) is 6.54 Å². The van der Waals surface area contributed by atoms with Gasteiger partial charge in [-0.05, 0) is 26.3 Å². The maximum atomic E-state index is 9.22. The van der Waals surface area contributed by atoms with Gasteiger partial charge in [0.1, 0.15) is 0 Å². The molecule has 1 fully saturated rings. The molecule has 0 spiro atoms. The van der Waals surface area contributed by atoms with Crippen molar-refractivity contribution in [3.8, 4) is 0 Å². The van der Waals surface area contributed by atoms with Crippen molar-refractivity contribution in [2.45, 2.75) is 30.9 Å². The minimum Gasteiger partial charge on any atom is -0.374 e. The normalized spacial score (nSPS) is 34.3. The summed E-state index contributed by atoms with van der Waals surface area (Å²) in [5.41, 5.74) is 0. The quantitative estimate of drug-likeness (QED) is 0.538. The van der Waals surface area contributed by atoms with Gasteiger partial charge >= 0.3 is 0 Å². The van der Waals surface area contributed by atoms with E-state index in [1.165, 1.54) is 0 Å². The van der Waals surface area contributed by atoms with Crippen molar-refractivity contribution in [3.63, 3.8) is 0 Å². The summed E-state index contributed by atoms with van der Waals surface area (Å²) >= 11 is 5.63. The Labute approximate surface area is 60.2 Å². The molecule has 2 atom stereocenters. The molecule has 1 aliphatic rings. The summed E-state index contributed by atoms with van der Waals surface area (Å²) in [6.07, 6.45) is 2.10. The molecule has 3 heteroatoms. The summed E-state index contributed by atoms with van der Waals surface area (Å²) in [7, 11) is 0. The predicted molar refractivity (Wildman–Crippen MR) is 37.5 cm³/mol. The summed E-state index contributed by atoms with van der Waals surface area (Å²) in [5.74, 6) is 0. The fourth-order valence-corrected chi connectivity index (χ4v) is 1.32. The minimum atomic E-state index is -1.06. The monoisotopic (exact) mass is 149 g/mol. The van der Waals surface area contributed by atoms with Crippen LogP contribution in [0.3, 0.4) is 0 Å². The number of alkyl halides is 1. The zero-order valence-electron chi connectivity index (χ0n) is 5.52. The fraction of sp³-hybridized carbons (Fsp3) is 1.00. The number of nitrogens with one attached hydrogen (secondary N) is 1. The summed E-state index contributed by atoms with van der Waals surface area (Å²) < 4.78 is 0. The van der Waals surface area contributed by atoms with Gasteiger partial charge in [0, 0.05) is 6.04 Å². The van der Waals surface area contributed by atoms with E-state index < -0.39 is 5.06 Å². The zero-order valence-corrected chi connectivity index (χ0v) is 6.28. The first kappa shape index (κ1) is 7.32. The van der Waals surface area contributed by atoms with Crippen LogP contribution in [0, 0.1) is 0 Å². The standard InChI is InChI=1S/C6H12ClNO/c1-6(7,9)5-3-2-4-8-5/h5,8-9H,2-4H2,1H3. The van der Waals surface area contributed by atoms with Gasteiger partial charge in [0.15, 0.2) is 5.06 Å². The lowest BCUT2D eigenvalue weighted by Crippen LogP contribution is -2.40. The Morgan fingerprint density at radius 3 is 2.67 bits per heavy atom. The largest absolute Gasteiger partial charge is 0.374 e. The molecular weight excluding hydrogens is 138 g/mol. The van der Waals surface area contributed by atoms with Gasteiger partial charge in [-0.3, -0.25) is 0 Å². The van der Waals surface area contributed by atoms with Crippen molar-refractivity contribution in [1.82, 2.24) is 5.32 Å². The molecule has 0 aromatic carbocycles. The van der Waals surface area contributed by atoms with E-state index in [1.807, 2.05) is 0 Å². The summed E-state index contributed by atoms with van der Waals surface area (Å²) in [6.45, 7) is 2.60. The molecule has 0 aromatic rings. The highest BCUT2D eigenvalue weighted by Crippen LogP contribution is 2.21. The molecule has 2 N–H and O–H groups in total. The molecule has 0 radical (unpaired) electrons. The van der Waals surface area contributed by atoms with E-state index in [0.29, 0.717) is 0 Å². The van der Waals surface area contributed by atoms with E-state index in [2.05, 4.69) is 5.32 Å². The Hall–Kier alpha value is 0.210. The summed E-state index contributed by atoms with van der Waals surface area (Å²) in [6, 6.07) is 0.0826. The highest BCUT2D eigenvalue weighted by molar-refractivity contribution is 6.22. The summed E-state index contributed by atoms with van der Waals surface area (Å²) in [4.78, 5) is 0. The maximum absolute atomic E-state index is 9.22. The molecular formula is C6H12ClNO. The molecule has 0 saturated carbocycles. The van der Waals surface area contributed by atoms with E-state index in [4.69, 9.17) is 11.6 Å². The Kier molecular flexibility index (Phi) is 1.99. The molecule has 54 valence electrons. The van der Waals surface area contributed by atoms with Gasteiger partial charge in [-0.1, -0.05) is 11.6 Å². The Morgan fingerprint density at radius 2 is 2.44 bits per heavy atom. The van der Waals surface area contributed by atoms with Crippen LogP contribution < -0.4 is 5.32 Å². The van der Waals surface area contributed by atoms with Crippen LogP contribution >= 0.6 is 11.6 Å². The molecule has 2 unspecified atom stereocenters. The van der Waals surface area contributed by atoms with Gasteiger partial charge in [-0.15, -0.1) is 0 Å². The third-order valence-corrected chi connectivity index (χ3v) is 1.96. The third-order valence-electron chi connectivity index (χ3n) is 1.70. The van der Waals surface area contributed by atoms with Gasteiger partial charge in [0.05, 0.1) is 0 Å². The van der Waals surface area contributed by atoms with Gasteiger partial charge in [-0.2, -0.15) is 0 Å². The Balaban J connectivity index is 2.42. The van der Waals surface area contributed by atoms with Crippen LogP contribution in [0.15, 0.2) is 0 Å². The number of hydrogen-bond donors (Lipinski definition) is 2. The van der Waals surface area contributed by atoms with Crippen LogP contribution in [0.4, 0.5) is 0 Å². The average molecular weight is 150 g/mol. The van der Waals surface area contributed by atoms with Crippen molar-refractivity contribution in [2.24, 2.45) is 0 Å². The van der Waals surface area contributed by atoms with Crippen LogP contribution in [0.5, 0.6) is 0 Å². The van der Waals surface area contributed by atoms with Crippen LogP contribution in [0.2, 0.25) is 0 Å². The van der Waals surface area contributed by atoms with Crippen molar-refractivity contribution in [1.29, 1.82) is 0 Å². The molecule has 0 aromatic heterocycles. The van der Waals surface area contributed by atoms with Crippen LogP contribution in [-0.4, -0.2) is 22.8 Å². The zero-order chi connectivity index (χ0) is 6.91. The highest BCUT2D eigenvalue weighted by atomic mass is 35.5. The van der Waals surface area contributed by atoms with E-state index in [-0.39, 0.29) is 6.04 Å². The predicted octanol–water partition coefficient (Wildman–Crippen LogP) is 0.686. The van der Waals surface area contributed by atoms with Gasteiger partial charge in [0.25, 0.3) is 0 Å². The third kappa shape index (κ3) is 1.81. The molecule has 0 aliphatic carbocycles. The molecule has 2 nitrogen and oxygen atoms in total. The van der Waals surface area contributed by atoms with Crippen LogP contribution in [0.25, 0.3) is 0 Å². The molecule has 1 heterocycles. The maximum Gasteiger partial charge on any atom is 0.151 e. The second-order valence-electron chi connectivity index (χ2n) is 2.67. The molecule has 0 amide bonds. The fourth-order valence-electron chi connectivity index (χ4n) is 1.13. The van der Waals surface area contributed by atoms with Crippen molar-refractivity contribution < 1.29 is 5.11 Å². The van der Waals surface area contributed by atoms with Crippen LogP contribution in [-0.2, 0) is 0 Å². The second-order valence-corrected chi connectivity index (χ2v) is 3.44. The lowest BCUT2D eigenvalue weighted by molar-refractivity contribution is 0.110. The first-order chi connectivity index (χ1) is 4.11. The Morgan fingerprint density at radius 1 is 1.78 bits per heavy atom. The van der Waals surface area contributed by atoms with Crippen molar-refractivity contribution >= 4 is 11.6 Å². The first-order valence-corrected chi connectivity index (χ1v) is 3.63. The van der Waals surface area contributed by atoms with Gasteiger partial charge in [0.2, 0.25) is 0 Å². The molecule has 0 bridgehead atoms. The number of hydrogen-bond acceptors (Lipinski definition) is 2. The molecule has 1 saturated heterocycles. The average Bonchev–Trinajstić information content (AvgIpc) is 2.08. The molecule has 1 rings (SSSR count). The van der Waals surface area contributed by atoms with E-state index >= 15 is 0 Å². The van der Waals surface area contributed by atoms with Crippen LogP contribution in [0.1, 0.15) is 19.8 Å². The SMILES string of the molecule is CC(O)(Cl)C1CCCN1. The smallest absolute Gasteiger partial charge is 0.151 e. The number of halogens is 1. The van der Waals surface area contributed by atoms with Gasteiger partial charge < -0.3 is 10.4 Å². The first-order valence-electron chi connectivity index (χ1n) is 3.25. The Bertz CT molecular complexity index is 93.7. The molecule has 1 aliphatic heterocycles.